The second-order valence-electron chi connectivity index (χ2n) is 17.4. The maximum Gasteiger partial charge on any atom is 0.306 e. The number of hydrogen-bond donors (Lipinski definition) is 0. The second-order valence-corrected chi connectivity index (χ2v) is 17.4. The Morgan fingerprint density at radius 2 is 0.609 bits per heavy atom. The fraction of sp³-hybridized carbons (Fsp3) is 0.707. The molecular formula is C58H98O6. The molecule has 0 rings (SSSR count). The Bertz CT molecular complexity index is 1250. The van der Waals surface area contributed by atoms with Gasteiger partial charge in [0.2, 0.25) is 0 Å². The van der Waals surface area contributed by atoms with E-state index in [1.54, 1.807) is 0 Å². The van der Waals surface area contributed by atoms with Crippen LogP contribution >= 0.6 is 0 Å². The Balaban J connectivity index is 4.21. The third-order valence-corrected chi connectivity index (χ3v) is 11.2. The normalized spacial score (nSPS) is 12.7. The highest BCUT2D eigenvalue weighted by Crippen LogP contribution is 2.15. The van der Waals surface area contributed by atoms with E-state index in [4.69, 9.17) is 14.2 Å². The van der Waals surface area contributed by atoms with Crippen LogP contribution in [0.25, 0.3) is 0 Å². The molecule has 0 spiro atoms. The van der Waals surface area contributed by atoms with E-state index in [-0.39, 0.29) is 31.1 Å². The molecule has 0 N–H and O–H groups in total. The van der Waals surface area contributed by atoms with Gasteiger partial charge in [-0.2, -0.15) is 0 Å². The second kappa shape index (κ2) is 52.2. The van der Waals surface area contributed by atoms with Crippen LogP contribution in [0.15, 0.2) is 85.1 Å². The average molecular weight is 891 g/mol. The zero-order valence-corrected chi connectivity index (χ0v) is 41.8. The largest absolute Gasteiger partial charge is 0.462 e. The zero-order chi connectivity index (χ0) is 46.5. The van der Waals surface area contributed by atoms with Crippen molar-refractivity contribution in [2.45, 2.75) is 252 Å². The van der Waals surface area contributed by atoms with Crippen molar-refractivity contribution < 1.29 is 28.6 Å². The van der Waals surface area contributed by atoms with Crippen LogP contribution in [0.3, 0.4) is 0 Å². The van der Waals surface area contributed by atoms with Crippen LogP contribution in [0, 0.1) is 0 Å². The Hall–Kier alpha value is -3.41. The van der Waals surface area contributed by atoms with Gasteiger partial charge < -0.3 is 14.2 Å². The molecule has 0 amide bonds. The number of hydrogen-bond acceptors (Lipinski definition) is 6. The fourth-order valence-electron chi connectivity index (χ4n) is 7.19. The molecule has 6 heteroatoms. The standard InChI is InChI=1S/C58H98O6/c1-4-7-10-13-16-18-20-22-23-24-25-26-27-28-29-30-31-32-33-34-35-36-38-39-42-45-48-51-57(60)63-54-55(53-62-56(59)50-47-44-41-15-12-9-6-3)64-58(61)52-49-46-43-40-37-21-19-17-14-11-8-5-2/h7,10,16,18,22-23,25-26,28-29,31-32,34-35,55H,4-6,8-9,11-15,17,19-21,24,27,30,33,36-54H2,1-3H3/b10-7-,18-16-,23-22-,26-25-,29-28-,32-31-,35-34-. The molecule has 0 aromatic carbocycles. The molecule has 366 valence electrons. The highest BCUT2D eigenvalue weighted by molar-refractivity contribution is 5.71. The molecule has 0 saturated heterocycles. The predicted octanol–water partition coefficient (Wildman–Crippen LogP) is 17.6. The molecule has 0 aliphatic carbocycles. The Morgan fingerprint density at radius 3 is 0.953 bits per heavy atom. The molecule has 1 unspecified atom stereocenters. The maximum atomic E-state index is 12.7. The number of unbranched alkanes of at least 4 members (excludes halogenated alkanes) is 22. The van der Waals surface area contributed by atoms with Crippen LogP contribution in [-0.2, 0) is 28.6 Å². The zero-order valence-electron chi connectivity index (χ0n) is 41.8. The van der Waals surface area contributed by atoms with Crippen molar-refractivity contribution in [2.24, 2.45) is 0 Å². The Labute approximate surface area is 395 Å². The SMILES string of the molecule is CC/C=C\C/C=C\C/C=C\C/C=C\C/C=C\C/C=C\C/C=C\CCCCCCCC(=O)OCC(COC(=O)CCCCCCCCC)OC(=O)CCCCCCCCCCCCCC. The van der Waals surface area contributed by atoms with Gasteiger partial charge in [-0.25, -0.2) is 0 Å². The van der Waals surface area contributed by atoms with Gasteiger partial charge >= 0.3 is 17.9 Å². The van der Waals surface area contributed by atoms with Crippen molar-refractivity contribution in [2.75, 3.05) is 13.2 Å². The first kappa shape index (κ1) is 60.6. The number of carbonyl (C=O) groups excluding carboxylic acids is 3. The predicted molar refractivity (Wildman–Crippen MR) is 274 cm³/mol. The van der Waals surface area contributed by atoms with Gasteiger partial charge in [0.15, 0.2) is 6.10 Å². The Morgan fingerprint density at radius 1 is 0.328 bits per heavy atom. The van der Waals surface area contributed by atoms with Crippen molar-refractivity contribution in [1.29, 1.82) is 0 Å². The quantitative estimate of drug-likeness (QED) is 0.0262. The smallest absolute Gasteiger partial charge is 0.306 e. The minimum Gasteiger partial charge on any atom is -0.462 e. The van der Waals surface area contributed by atoms with E-state index in [0.717, 1.165) is 122 Å². The molecule has 0 aromatic rings. The molecule has 0 fully saturated rings. The van der Waals surface area contributed by atoms with Crippen LogP contribution in [0.4, 0.5) is 0 Å². The van der Waals surface area contributed by atoms with Crippen LogP contribution in [-0.4, -0.2) is 37.2 Å². The Kier molecular flexibility index (Phi) is 49.4. The molecule has 0 radical (unpaired) electrons. The minimum absolute atomic E-state index is 0.0807. The third kappa shape index (κ3) is 49.6. The molecule has 64 heavy (non-hydrogen) atoms. The molecule has 0 aliphatic rings. The summed E-state index contributed by atoms with van der Waals surface area (Å²) in [4.78, 5) is 37.8. The molecule has 0 aromatic heterocycles. The summed E-state index contributed by atoms with van der Waals surface area (Å²) < 4.78 is 16.7. The van der Waals surface area contributed by atoms with Crippen molar-refractivity contribution in [3.63, 3.8) is 0 Å². The number of carbonyl (C=O) groups is 3. The fourth-order valence-corrected chi connectivity index (χ4v) is 7.19. The van der Waals surface area contributed by atoms with E-state index in [1.165, 1.54) is 83.5 Å². The van der Waals surface area contributed by atoms with E-state index < -0.39 is 6.10 Å². The van der Waals surface area contributed by atoms with Gasteiger partial charge in [0, 0.05) is 19.3 Å². The first-order valence-corrected chi connectivity index (χ1v) is 26.6. The summed E-state index contributed by atoms with van der Waals surface area (Å²) >= 11 is 0. The first-order chi connectivity index (χ1) is 31.5. The molecular weight excluding hydrogens is 793 g/mol. The summed E-state index contributed by atoms with van der Waals surface area (Å²) in [6.07, 6.45) is 67.3. The first-order valence-electron chi connectivity index (χ1n) is 26.6. The average Bonchev–Trinajstić information content (AvgIpc) is 3.29. The highest BCUT2D eigenvalue weighted by Gasteiger charge is 2.19. The number of esters is 3. The lowest BCUT2D eigenvalue weighted by atomic mass is 10.0. The molecule has 0 saturated carbocycles. The van der Waals surface area contributed by atoms with E-state index in [0.29, 0.717) is 19.3 Å². The molecule has 0 aliphatic heterocycles. The highest BCUT2D eigenvalue weighted by atomic mass is 16.6. The molecule has 0 heterocycles. The van der Waals surface area contributed by atoms with Gasteiger partial charge in [0.25, 0.3) is 0 Å². The van der Waals surface area contributed by atoms with Crippen molar-refractivity contribution in [3.8, 4) is 0 Å². The summed E-state index contributed by atoms with van der Waals surface area (Å²) in [5.41, 5.74) is 0. The maximum absolute atomic E-state index is 12.7. The summed E-state index contributed by atoms with van der Waals surface area (Å²) in [6, 6.07) is 0. The van der Waals surface area contributed by atoms with Gasteiger partial charge in [-0.3, -0.25) is 14.4 Å². The van der Waals surface area contributed by atoms with E-state index in [2.05, 4.69) is 106 Å². The van der Waals surface area contributed by atoms with Crippen LogP contribution in [0.2, 0.25) is 0 Å². The van der Waals surface area contributed by atoms with Gasteiger partial charge in [0.05, 0.1) is 0 Å². The molecule has 1 atom stereocenters. The van der Waals surface area contributed by atoms with Crippen LogP contribution in [0.1, 0.15) is 245 Å². The van der Waals surface area contributed by atoms with Crippen LogP contribution < -0.4 is 0 Å². The van der Waals surface area contributed by atoms with E-state index in [1.807, 2.05) is 0 Å². The number of allylic oxidation sites excluding steroid dienone is 14. The third-order valence-electron chi connectivity index (χ3n) is 11.2. The van der Waals surface area contributed by atoms with Crippen LogP contribution in [0.5, 0.6) is 0 Å². The lowest BCUT2D eigenvalue weighted by molar-refractivity contribution is -0.167. The number of ether oxygens (including phenoxy) is 3. The van der Waals surface area contributed by atoms with Gasteiger partial charge in [-0.05, 0) is 77.0 Å². The topological polar surface area (TPSA) is 78.9 Å². The van der Waals surface area contributed by atoms with Gasteiger partial charge in [-0.1, -0.05) is 234 Å². The summed E-state index contributed by atoms with van der Waals surface area (Å²) in [6.45, 7) is 6.46. The van der Waals surface area contributed by atoms with E-state index in [9.17, 15) is 14.4 Å². The molecule has 0 bridgehead atoms. The molecule has 6 nitrogen and oxygen atoms in total. The lowest BCUT2D eigenvalue weighted by Gasteiger charge is -2.18. The van der Waals surface area contributed by atoms with Crippen molar-refractivity contribution in [1.82, 2.24) is 0 Å². The summed E-state index contributed by atoms with van der Waals surface area (Å²) in [7, 11) is 0. The van der Waals surface area contributed by atoms with E-state index >= 15 is 0 Å². The minimum atomic E-state index is -0.779. The van der Waals surface area contributed by atoms with Crippen molar-refractivity contribution in [3.05, 3.63) is 85.1 Å². The monoisotopic (exact) mass is 891 g/mol. The van der Waals surface area contributed by atoms with Crippen molar-refractivity contribution >= 4 is 17.9 Å². The number of rotatable bonds is 47. The van der Waals surface area contributed by atoms with Gasteiger partial charge in [0.1, 0.15) is 13.2 Å². The lowest BCUT2D eigenvalue weighted by Crippen LogP contribution is -2.30. The summed E-state index contributed by atoms with van der Waals surface area (Å²) in [5.74, 6) is -0.907. The van der Waals surface area contributed by atoms with Gasteiger partial charge in [-0.15, -0.1) is 0 Å². The summed E-state index contributed by atoms with van der Waals surface area (Å²) in [5, 5.41) is 0.